The van der Waals surface area contributed by atoms with Crippen molar-refractivity contribution in [1.29, 1.82) is 0 Å². The summed E-state index contributed by atoms with van der Waals surface area (Å²) in [5, 5.41) is 3.45. The smallest absolute Gasteiger partial charge is 0.373 e. The van der Waals surface area contributed by atoms with Crippen molar-refractivity contribution in [3.63, 3.8) is 0 Å². The molecule has 5 nitrogen and oxygen atoms in total. The van der Waals surface area contributed by atoms with Crippen LogP contribution in [-0.2, 0) is 13.3 Å². The van der Waals surface area contributed by atoms with Gasteiger partial charge in [-0.1, -0.05) is 0 Å². The highest BCUT2D eigenvalue weighted by Gasteiger charge is 2.44. The Hall–Kier alpha value is -1.08. The van der Waals surface area contributed by atoms with Crippen molar-refractivity contribution in [1.82, 2.24) is 0 Å². The van der Waals surface area contributed by atoms with Crippen LogP contribution in [-0.4, -0.2) is 41.5 Å². The summed E-state index contributed by atoms with van der Waals surface area (Å²) in [4.78, 5) is 2.27. The van der Waals surface area contributed by atoms with Gasteiger partial charge in [-0.05, 0) is 57.9 Å². The van der Waals surface area contributed by atoms with Gasteiger partial charge in [-0.25, -0.2) is 0 Å². The van der Waals surface area contributed by atoms with Crippen molar-refractivity contribution in [2.45, 2.75) is 34.6 Å². The number of anilines is 2. The Kier molecular flexibility index (Phi) is 5.85. The fourth-order valence-corrected chi connectivity index (χ4v) is 5.36. The normalized spacial score (nSPS) is 14.1. The van der Waals surface area contributed by atoms with E-state index in [1.54, 1.807) is 0 Å². The predicted octanol–water partition coefficient (Wildman–Crippen LogP) is 3.08. The van der Waals surface area contributed by atoms with E-state index in [1.165, 1.54) is 22.5 Å². The number of hydrogen-bond acceptors (Lipinski definition) is 5. The van der Waals surface area contributed by atoms with Crippen molar-refractivity contribution in [3.05, 3.63) is 23.3 Å². The molecule has 0 spiro atoms. The molecule has 0 amide bonds. The van der Waals surface area contributed by atoms with Gasteiger partial charge in [0.1, 0.15) is 0 Å². The van der Waals surface area contributed by atoms with E-state index >= 15 is 0 Å². The third kappa shape index (κ3) is 3.63. The van der Waals surface area contributed by atoms with Gasteiger partial charge < -0.3 is 23.5 Å². The Morgan fingerprint density at radius 1 is 1.00 bits per heavy atom. The lowest BCUT2D eigenvalue weighted by Crippen LogP contribution is -2.55. The molecule has 0 aliphatic carbocycles. The molecule has 0 bridgehead atoms. The maximum Gasteiger partial charge on any atom is 0.521 e. The quantitative estimate of drug-likeness (QED) is 0.744. The van der Waals surface area contributed by atoms with Crippen LogP contribution in [0.25, 0.3) is 0 Å². The molecule has 1 N–H and O–H groups in total. The molecular weight excluding hydrogens is 296 g/mol. The Balaban J connectivity index is 2.23. The second-order valence-electron chi connectivity index (χ2n) is 5.47. The standard InChI is InChI=1S/C16H28N2O3Si/c1-6-19-22(20-7-2,21-8-3)12-18-11-17-15-9-13(4)14(5)10-16(15)18/h9-10,17H,6-8,11-12H2,1-5H3. The molecule has 0 atom stereocenters. The first-order chi connectivity index (χ1) is 10.5. The number of fused-ring (bicyclic) bond motifs is 1. The topological polar surface area (TPSA) is 43.0 Å². The van der Waals surface area contributed by atoms with Gasteiger partial charge in [-0.15, -0.1) is 0 Å². The zero-order chi connectivity index (χ0) is 16.2. The third-order valence-corrected chi connectivity index (χ3v) is 6.84. The summed E-state index contributed by atoms with van der Waals surface area (Å²) in [6.07, 6.45) is 0.672. The molecule has 1 heterocycles. The van der Waals surface area contributed by atoms with Crippen molar-refractivity contribution in [2.75, 3.05) is 42.9 Å². The van der Waals surface area contributed by atoms with E-state index in [4.69, 9.17) is 13.3 Å². The van der Waals surface area contributed by atoms with Gasteiger partial charge in [0.25, 0.3) is 0 Å². The van der Waals surface area contributed by atoms with E-state index in [0.717, 1.165) is 6.67 Å². The van der Waals surface area contributed by atoms with Gasteiger partial charge in [0.05, 0.1) is 24.2 Å². The number of rotatable bonds is 8. The van der Waals surface area contributed by atoms with Crippen LogP contribution in [0.2, 0.25) is 0 Å². The third-order valence-electron chi connectivity index (χ3n) is 3.89. The van der Waals surface area contributed by atoms with Gasteiger partial charge in [-0.3, -0.25) is 0 Å². The number of benzene rings is 1. The van der Waals surface area contributed by atoms with Crippen LogP contribution in [0.5, 0.6) is 0 Å². The second kappa shape index (κ2) is 7.46. The fourth-order valence-electron chi connectivity index (χ4n) is 2.77. The summed E-state index contributed by atoms with van der Waals surface area (Å²) in [7, 11) is -2.67. The first-order valence-electron chi connectivity index (χ1n) is 8.07. The van der Waals surface area contributed by atoms with Crippen LogP contribution >= 0.6 is 0 Å². The predicted molar refractivity (Wildman–Crippen MR) is 92.4 cm³/mol. The summed E-state index contributed by atoms with van der Waals surface area (Å²) in [6.45, 7) is 12.8. The van der Waals surface area contributed by atoms with Crippen LogP contribution in [0.3, 0.4) is 0 Å². The molecule has 6 heteroatoms. The molecule has 1 aliphatic heterocycles. The highest BCUT2D eigenvalue weighted by molar-refractivity contribution is 6.61. The van der Waals surface area contributed by atoms with Crippen LogP contribution in [0, 0.1) is 13.8 Å². The maximum absolute atomic E-state index is 5.97. The van der Waals surface area contributed by atoms with E-state index in [2.05, 4.69) is 36.2 Å². The number of hydrogen-bond donors (Lipinski definition) is 1. The molecule has 0 fully saturated rings. The maximum atomic E-state index is 5.97. The van der Waals surface area contributed by atoms with Gasteiger partial charge in [0, 0.05) is 19.8 Å². The molecule has 0 aromatic heterocycles. The molecule has 0 saturated heterocycles. The molecule has 1 aromatic rings. The minimum absolute atomic E-state index is 0.604. The van der Waals surface area contributed by atoms with Crippen LogP contribution in [0.4, 0.5) is 11.4 Å². The molecule has 0 radical (unpaired) electrons. The minimum atomic E-state index is -2.67. The average Bonchev–Trinajstić information content (AvgIpc) is 2.82. The van der Waals surface area contributed by atoms with Gasteiger partial charge in [-0.2, -0.15) is 0 Å². The van der Waals surface area contributed by atoms with E-state index in [9.17, 15) is 0 Å². The van der Waals surface area contributed by atoms with Crippen molar-refractivity contribution >= 4 is 20.2 Å². The average molecular weight is 324 g/mol. The van der Waals surface area contributed by atoms with Gasteiger partial charge in [0.2, 0.25) is 0 Å². The summed E-state index contributed by atoms with van der Waals surface area (Å²) in [5.41, 5.74) is 4.98. The van der Waals surface area contributed by atoms with Gasteiger partial charge >= 0.3 is 8.80 Å². The summed E-state index contributed by atoms with van der Waals surface area (Å²) in [5.74, 6) is 0. The van der Waals surface area contributed by atoms with Crippen molar-refractivity contribution in [3.8, 4) is 0 Å². The Morgan fingerprint density at radius 2 is 1.55 bits per heavy atom. The molecule has 22 heavy (non-hydrogen) atoms. The van der Waals surface area contributed by atoms with E-state index in [1.807, 2.05) is 20.8 Å². The molecule has 1 aromatic carbocycles. The largest absolute Gasteiger partial charge is 0.521 e. The zero-order valence-corrected chi connectivity index (χ0v) is 15.4. The van der Waals surface area contributed by atoms with Crippen LogP contribution in [0.15, 0.2) is 12.1 Å². The lowest BCUT2D eigenvalue weighted by molar-refractivity contribution is 0.0723. The molecule has 0 unspecified atom stereocenters. The van der Waals surface area contributed by atoms with Crippen LogP contribution in [0.1, 0.15) is 31.9 Å². The number of nitrogens with one attached hydrogen (secondary N) is 1. The second-order valence-corrected chi connectivity index (χ2v) is 8.02. The summed E-state index contributed by atoms with van der Waals surface area (Å²) < 4.78 is 17.9. The van der Waals surface area contributed by atoms with E-state index in [0.29, 0.717) is 26.0 Å². The zero-order valence-electron chi connectivity index (χ0n) is 14.4. The highest BCUT2D eigenvalue weighted by Crippen LogP contribution is 2.34. The monoisotopic (exact) mass is 324 g/mol. The molecule has 0 saturated carbocycles. The first-order valence-corrected chi connectivity index (χ1v) is 10.00. The van der Waals surface area contributed by atoms with Crippen LogP contribution < -0.4 is 10.2 Å². The number of aryl methyl sites for hydroxylation is 2. The highest BCUT2D eigenvalue weighted by atomic mass is 28.4. The Labute approximate surface area is 134 Å². The molecule has 124 valence electrons. The lowest BCUT2D eigenvalue weighted by atomic mass is 10.1. The first kappa shape index (κ1) is 17.3. The van der Waals surface area contributed by atoms with E-state index in [-0.39, 0.29) is 0 Å². The van der Waals surface area contributed by atoms with Crippen molar-refractivity contribution < 1.29 is 13.3 Å². The SMILES string of the molecule is CCO[Si](CN1CNc2cc(C)c(C)cc21)(OCC)OCC. The molecule has 1 aliphatic rings. The Morgan fingerprint density at radius 3 is 2.09 bits per heavy atom. The van der Waals surface area contributed by atoms with E-state index < -0.39 is 8.80 Å². The minimum Gasteiger partial charge on any atom is -0.373 e. The van der Waals surface area contributed by atoms with Crippen molar-refractivity contribution in [2.24, 2.45) is 0 Å². The molecule has 2 rings (SSSR count). The lowest BCUT2D eigenvalue weighted by Gasteiger charge is -2.32. The summed E-state index contributed by atoms with van der Waals surface area (Å²) >= 11 is 0. The van der Waals surface area contributed by atoms with Gasteiger partial charge in [0.15, 0.2) is 0 Å². The molecular formula is C16H28N2O3Si. The Bertz CT molecular complexity index is 493. The summed E-state index contributed by atoms with van der Waals surface area (Å²) in [6, 6.07) is 4.43. The fraction of sp³-hybridized carbons (Fsp3) is 0.625. The number of nitrogens with zero attached hydrogens (tertiary/aromatic N) is 1.